The first-order valence-electron chi connectivity index (χ1n) is 5.28. The lowest BCUT2D eigenvalue weighted by Crippen LogP contribution is -2.16. The molecule has 0 aliphatic heterocycles. The van der Waals surface area contributed by atoms with E-state index in [2.05, 4.69) is 4.98 Å². The van der Waals surface area contributed by atoms with Crippen molar-refractivity contribution >= 4 is 17.0 Å². The summed E-state index contributed by atoms with van der Waals surface area (Å²) in [6, 6.07) is 3.94. The molecule has 0 aliphatic carbocycles. The molecule has 1 aromatic heterocycles. The quantitative estimate of drug-likeness (QED) is 0.900. The number of para-hydroxylation sites is 1. The topological polar surface area (TPSA) is 75.3 Å². The molecule has 0 atom stereocenters. The van der Waals surface area contributed by atoms with Crippen LogP contribution in [0.1, 0.15) is 12.2 Å². The van der Waals surface area contributed by atoms with Gasteiger partial charge in [0.2, 0.25) is 5.82 Å². The molecule has 2 rings (SSSR count). The van der Waals surface area contributed by atoms with Crippen molar-refractivity contribution in [3.63, 3.8) is 0 Å². The lowest BCUT2D eigenvalue weighted by Gasteiger charge is -2.09. The molecule has 0 unspecified atom stereocenters. The van der Waals surface area contributed by atoms with Crippen molar-refractivity contribution in [1.29, 1.82) is 0 Å². The molecular formula is C11H9F3N2O3. The lowest BCUT2D eigenvalue weighted by atomic mass is 10.3. The Morgan fingerprint density at radius 1 is 1.37 bits per heavy atom. The number of phenols is 1. The van der Waals surface area contributed by atoms with Crippen molar-refractivity contribution in [2.45, 2.75) is 19.1 Å². The number of alkyl halides is 3. The fourth-order valence-electron chi connectivity index (χ4n) is 1.78. The summed E-state index contributed by atoms with van der Waals surface area (Å²) in [4.78, 5) is 13.9. The minimum atomic E-state index is -4.72. The second kappa shape index (κ2) is 4.45. The SMILES string of the molecule is O=C(O)CCn1c(C(F)(F)F)nc2c(O)cccc21. The van der Waals surface area contributed by atoms with Crippen LogP contribution in [0.3, 0.4) is 0 Å². The Balaban J connectivity index is 2.62. The van der Waals surface area contributed by atoms with Crippen molar-refractivity contribution in [1.82, 2.24) is 9.55 Å². The highest BCUT2D eigenvalue weighted by molar-refractivity contribution is 5.82. The lowest BCUT2D eigenvalue weighted by molar-refractivity contribution is -0.148. The van der Waals surface area contributed by atoms with Gasteiger partial charge in [-0.3, -0.25) is 4.79 Å². The average Bonchev–Trinajstić information content (AvgIpc) is 2.66. The fourth-order valence-corrected chi connectivity index (χ4v) is 1.78. The molecule has 0 spiro atoms. The van der Waals surface area contributed by atoms with Gasteiger partial charge in [0, 0.05) is 6.54 Å². The van der Waals surface area contributed by atoms with Crippen molar-refractivity contribution in [2.75, 3.05) is 0 Å². The van der Waals surface area contributed by atoms with Crippen LogP contribution in [0.15, 0.2) is 18.2 Å². The maximum Gasteiger partial charge on any atom is 0.449 e. The first-order chi connectivity index (χ1) is 8.80. The molecule has 0 radical (unpaired) electrons. The van der Waals surface area contributed by atoms with Crippen LogP contribution in [0.2, 0.25) is 0 Å². The highest BCUT2D eigenvalue weighted by Crippen LogP contribution is 2.34. The molecule has 0 amide bonds. The molecule has 19 heavy (non-hydrogen) atoms. The third-order valence-corrected chi connectivity index (χ3v) is 2.56. The van der Waals surface area contributed by atoms with Crippen LogP contribution in [0, 0.1) is 0 Å². The van der Waals surface area contributed by atoms with E-state index >= 15 is 0 Å². The van der Waals surface area contributed by atoms with Gasteiger partial charge in [0.15, 0.2) is 0 Å². The fraction of sp³-hybridized carbons (Fsp3) is 0.273. The Bertz CT molecular complexity index is 634. The van der Waals surface area contributed by atoms with E-state index in [4.69, 9.17) is 5.11 Å². The summed E-state index contributed by atoms with van der Waals surface area (Å²) in [6.07, 6.45) is -5.19. The molecule has 5 nitrogen and oxygen atoms in total. The number of halogens is 3. The molecule has 0 bridgehead atoms. The van der Waals surface area contributed by atoms with E-state index in [9.17, 15) is 23.1 Å². The van der Waals surface area contributed by atoms with Gasteiger partial charge in [0.1, 0.15) is 11.3 Å². The van der Waals surface area contributed by atoms with Gasteiger partial charge in [-0.15, -0.1) is 0 Å². The number of aryl methyl sites for hydroxylation is 1. The van der Waals surface area contributed by atoms with E-state index in [0.717, 1.165) is 4.57 Å². The molecular weight excluding hydrogens is 265 g/mol. The number of carbonyl (C=O) groups is 1. The van der Waals surface area contributed by atoms with Crippen molar-refractivity contribution in [3.8, 4) is 5.75 Å². The first-order valence-corrected chi connectivity index (χ1v) is 5.28. The molecule has 1 heterocycles. The summed E-state index contributed by atoms with van der Waals surface area (Å²) in [5.74, 6) is -2.81. The molecule has 1 aromatic carbocycles. The summed E-state index contributed by atoms with van der Waals surface area (Å²) < 4.78 is 39.2. The third kappa shape index (κ3) is 2.47. The zero-order chi connectivity index (χ0) is 14.2. The van der Waals surface area contributed by atoms with Gasteiger partial charge in [0.25, 0.3) is 0 Å². The van der Waals surface area contributed by atoms with E-state index in [1.54, 1.807) is 0 Å². The van der Waals surface area contributed by atoms with Crippen LogP contribution in [0.4, 0.5) is 13.2 Å². The van der Waals surface area contributed by atoms with Gasteiger partial charge in [-0.05, 0) is 12.1 Å². The Labute approximate surface area is 104 Å². The Kier molecular flexibility index (Phi) is 3.09. The Morgan fingerprint density at radius 2 is 2.05 bits per heavy atom. The molecule has 8 heteroatoms. The molecule has 2 aromatic rings. The van der Waals surface area contributed by atoms with Crippen LogP contribution in [-0.2, 0) is 17.5 Å². The minimum absolute atomic E-state index is 0.0496. The predicted molar refractivity (Wildman–Crippen MR) is 58.7 cm³/mol. The summed E-state index contributed by atoms with van der Waals surface area (Å²) in [5.41, 5.74) is -0.145. The van der Waals surface area contributed by atoms with E-state index < -0.39 is 24.4 Å². The number of aromatic hydroxyl groups is 1. The van der Waals surface area contributed by atoms with E-state index in [1.807, 2.05) is 0 Å². The second-order valence-corrected chi connectivity index (χ2v) is 3.87. The third-order valence-electron chi connectivity index (χ3n) is 2.56. The van der Waals surface area contributed by atoms with Crippen molar-refractivity contribution in [2.24, 2.45) is 0 Å². The van der Waals surface area contributed by atoms with Crippen LogP contribution >= 0.6 is 0 Å². The zero-order valence-electron chi connectivity index (χ0n) is 9.48. The molecule has 0 fully saturated rings. The van der Waals surface area contributed by atoms with E-state index in [0.29, 0.717) is 0 Å². The largest absolute Gasteiger partial charge is 0.506 e. The molecule has 2 N–H and O–H groups in total. The highest BCUT2D eigenvalue weighted by Gasteiger charge is 2.38. The maximum atomic E-state index is 12.8. The number of hydrogen-bond donors (Lipinski definition) is 2. The smallest absolute Gasteiger partial charge is 0.449 e. The summed E-state index contributed by atoms with van der Waals surface area (Å²) >= 11 is 0. The average molecular weight is 274 g/mol. The van der Waals surface area contributed by atoms with Gasteiger partial charge in [-0.2, -0.15) is 13.2 Å². The van der Waals surface area contributed by atoms with Gasteiger partial charge < -0.3 is 14.8 Å². The van der Waals surface area contributed by atoms with Gasteiger partial charge in [-0.25, -0.2) is 4.98 Å². The van der Waals surface area contributed by atoms with Crippen molar-refractivity contribution in [3.05, 3.63) is 24.0 Å². The van der Waals surface area contributed by atoms with Gasteiger partial charge in [0.05, 0.1) is 11.9 Å². The number of phenolic OH excluding ortho intramolecular Hbond substituents is 1. The van der Waals surface area contributed by atoms with Crippen LogP contribution in [0.25, 0.3) is 11.0 Å². The zero-order valence-corrected chi connectivity index (χ0v) is 9.48. The molecule has 102 valence electrons. The number of imidazole rings is 1. The molecule has 0 saturated heterocycles. The van der Waals surface area contributed by atoms with Crippen LogP contribution in [0.5, 0.6) is 5.75 Å². The number of carboxylic acid groups (broad SMARTS) is 1. The number of aliphatic carboxylic acids is 1. The monoisotopic (exact) mass is 274 g/mol. The minimum Gasteiger partial charge on any atom is -0.506 e. The summed E-state index contributed by atoms with van der Waals surface area (Å²) in [5, 5.41) is 18.1. The number of rotatable bonds is 3. The number of hydrogen-bond acceptors (Lipinski definition) is 3. The normalized spacial score (nSPS) is 11.9. The maximum absolute atomic E-state index is 12.8. The van der Waals surface area contributed by atoms with E-state index in [-0.39, 0.29) is 23.3 Å². The molecule has 0 aliphatic rings. The Hall–Kier alpha value is -2.25. The first kappa shape index (κ1) is 13.2. The van der Waals surface area contributed by atoms with Crippen LogP contribution in [-0.4, -0.2) is 25.7 Å². The number of aromatic nitrogens is 2. The van der Waals surface area contributed by atoms with Crippen molar-refractivity contribution < 1.29 is 28.2 Å². The standard InChI is InChI=1S/C11H9F3N2O3/c12-11(13,14)10-15-9-6(2-1-3-7(9)17)16(10)5-4-8(18)19/h1-3,17H,4-5H2,(H,18,19). The highest BCUT2D eigenvalue weighted by atomic mass is 19.4. The van der Waals surface area contributed by atoms with E-state index in [1.165, 1.54) is 18.2 Å². The summed E-state index contributed by atoms with van der Waals surface area (Å²) in [6.45, 7) is -0.371. The second-order valence-electron chi connectivity index (χ2n) is 3.87. The predicted octanol–water partition coefficient (Wildman–Crippen LogP) is 2.24. The number of benzene rings is 1. The molecule has 0 saturated carbocycles. The number of carboxylic acids is 1. The number of fused-ring (bicyclic) bond motifs is 1. The van der Waals surface area contributed by atoms with Gasteiger partial charge in [-0.1, -0.05) is 6.07 Å². The van der Waals surface area contributed by atoms with Crippen LogP contribution < -0.4 is 0 Å². The summed E-state index contributed by atoms with van der Waals surface area (Å²) in [7, 11) is 0. The van der Waals surface area contributed by atoms with Gasteiger partial charge >= 0.3 is 12.1 Å². The number of nitrogens with zero attached hydrogens (tertiary/aromatic N) is 2. The Morgan fingerprint density at radius 3 is 2.63 bits per heavy atom.